The molecule has 1 aromatic heterocycles. The number of benzene rings is 1. The zero-order chi connectivity index (χ0) is 13.7. The average Bonchev–Trinajstić information content (AvgIpc) is 2.84. The number of hydrogen-bond acceptors (Lipinski definition) is 3. The molecule has 102 valence electrons. The molecule has 4 nitrogen and oxygen atoms in total. The summed E-state index contributed by atoms with van der Waals surface area (Å²) in [5.74, 6) is 0.894. The number of nitrogens with one attached hydrogen (secondary N) is 1. The lowest BCUT2D eigenvalue weighted by molar-refractivity contribution is 0.408. The number of hydrogen-bond donors (Lipinski definition) is 1. The van der Waals surface area contributed by atoms with E-state index in [1.807, 2.05) is 18.5 Å². The summed E-state index contributed by atoms with van der Waals surface area (Å²) >= 11 is 3.49. The number of ether oxygens (including phenoxy) is 1. The Morgan fingerprint density at radius 1 is 1.42 bits per heavy atom. The van der Waals surface area contributed by atoms with Gasteiger partial charge in [-0.2, -0.15) is 0 Å². The van der Waals surface area contributed by atoms with Crippen LogP contribution in [0, 0.1) is 0 Å². The molecule has 0 saturated heterocycles. The van der Waals surface area contributed by atoms with Gasteiger partial charge in [0, 0.05) is 22.8 Å². The normalized spacial score (nSPS) is 10.7. The quantitative estimate of drug-likeness (QED) is 0.888. The van der Waals surface area contributed by atoms with E-state index < -0.39 is 0 Å². The minimum absolute atomic E-state index is 0.752. The molecule has 1 heterocycles. The maximum absolute atomic E-state index is 5.38. The molecule has 0 unspecified atom stereocenters. The lowest BCUT2D eigenvalue weighted by Crippen LogP contribution is -2.11. The molecular formula is C14H18BrN3O. The van der Waals surface area contributed by atoms with E-state index in [9.17, 15) is 0 Å². The van der Waals surface area contributed by atoms with Gasteiger partial charge in [-0.3, -0.25) is 0 Å². The molecule has 0 bridgehead atoms. The second-order valence-electron chi connectivity index (χ2n) is 4.27. The largest absolute Gasteiger partial charge is 0.496 e. The number of aromatic nitrogens is 2. The van der Waals surface area contributed by atoms with Crippen molar-refractivity contribution >= 4 is 15.9 Å². The summed E-state index contributed by atoms with van der Waals surface area (Å²) in [5, 5.41) is 3.27. The fourth-order valence-corrected chi connectivity index (χ4v) is 2.31. The minimum Gasteiger partial charge on any atom is -0.496 e. The second-order valence-corrected chi connectivity index (χ2v) is 5.19. The molecule has 0 saturated carbocycles. The van der Waals surface area contributed by atoms with Crippen LogP contribution in [0.3, 0.4) is 0 Å². The molecular weight excluding hydrogens is 306 g/mol. The van der Waals surface area contributed by atoms with Crippen molar-refractivity contribution in [1.29, 1.82) is 0 Å². The van der Waals surface area contributed by atoms with Gasteiger partial charge < -0.3 is 14.6 Å². The van der Waals surface area contributed by atoms with Gasteiger partial charge in [-0.15, -0.1) is 0 Å². The van der Waals surface area contributed by atoms with Crippen molar-refractivity contribution in [2.24, 2.45) is 0 Å². The predicted octanol–water partition coefficient (Wildman–Crippen LogP) is 2.81. The van der Waals surface area contributed by atoms with Crippen LogP contribution in [0.4, 0.5) is 0 Å². The summed E-state index contributed by atoms with van der Waals surface area (Å²) in [6.07, 6.45) is 3.91. The Balaban J connectivity index is 2.12. The second kappa shape index (κ2) is 6.73. The van der Waals surface area contributed by atoms with Crippen LogP contribution in [0.1, 0.15) is 18.2 Å². The van der Waals surface area contributed by atoms with Gasteiger partial charge in [-0.25, -0.2) is 4.98 Å². The average molecular weight is 324 g/mol. The summed E-state index contributed by atoms with van der Waals surface area (Å²) in [6.45, 7) is 4.59. The number of halogens is 1. The molecule has 2 rings (SSSR count). The van der Waals surface area contributed by atoms with E-state index in [2.05, 4.69) is 50.0 Å². The monoisotopic (exact) mass is 323 g/mol. The van der Waals surface area contributed by atoms with Crippen LogP contribution in [0.15, 0.2) is 35.2 Å². The van der Waals surface area contributed by atoms with Crippen molar-refractivity contribution in [1.82, 2.24) is 14.9 Å². The summed E-state index contributed by atoms with van der Waals surface area (Å²) in [4.78, 5) is 4.38. The molecule has 0 aliphatic heterocycles. The van der Waals surface area contributed by atoms with E-state index in [0.717, 1.165) is 41.1 Å². The van der Waals surface area contributed by atoms with Crippen molar-refractivity contribution in [2.45, 2.75) is 20.0 Å². The van der Waals surface area contributed by atoms with Crippen LogP contribution < -0.4 is 10.1 Å². The van der Waals surface area contributed by atoms with Gasteiger partial charge >= 0.3 is 0 Å². The van der Waals surface area contributed by atoms with Gasteiger partial charge in [0.15, 0.2) is 0 Å². The van der Waals surface area contributed by atoms with E-state index in [-0.39, 0.29) is 0 Å². The molecule has 0 radical (unpaired) electrons. The van der Waals surface area contributed by atoms with Gasteiger partial charge in [0.25, 0.3) is 0 Å². The summed E-state index contributed by atoms with van der Waals surface area (Å²) < 4.78 is 8.50. The van der Waals surface area contributed by atoms with Crippen LogP contribution in [0.2, 0.25) is 0 Å². The molecule has 1 aromatic carbocycles. The fraction of sp³-hybridized carbons (Fsp3) is 0.357. The third-order valence-corrected chi connectivity index (χ3v) is 3.33. The molecule has 2 aromatic rings. The topological polar surface area (TPSA) is 39.1 Å². The van der Waals surface area contributed by atoms with Gasteiger partial charge in [0.2, 0.25) is 0 Å². The van der Waals surface area contributed by atoms with Gasteiger partial charge in [-0.1, -0.05) is 22.9 Å². The Bertz CT molecular complexity index is 539. The molecule has 0 fully saturated rings. The van der Waals surface area contributed by atoms with Crippen molar-refractivity contribution in [2.75, 3.05) is 13.7 Å². The highest BCUT2D eigenvalue weighted by atomic mass is 79.9. The molecule has 0 amide bonds. The lowest BCUT2D eigenvalue weighted by Gasteiger charge is -2.09. The number of nitrogens with zero attached hydrogens (tertiary/aromatic N) is 2. The molecule has 5 heteroatoms. The number of rotatable bonds is 6. The van der Waals surface area contributed by atoms with E-state index >= 15 is 0 Å². The first-order valence-corrected chi connectivity index (χ1v) is 7.06. The molecule has 0 aliphatic rings. The van der Waals surface area contributed by atoms with Gasteiger partial charge in [0.1, 0.15) is 5.75 Å². The Hall–Kier alpha value is -1.33. The Morgan fingerprint density at radius 2 is 2.26 bits per heavy atom. The summed E-state index contributed by atoms with van der Waals surface area (Å²) in [7, 11) is 1.69. The molecule has 1 N–H and O–H groups in total. The highest BCUT2D eigenvalue weighted by Gasteiger charge is 2.05. The zero-order valence-electron chi connectivity index (χ0n) is 11.2. The van der Waals surface area contributed by atoms with Crippen molar-refractivity contribution in [3.63, 3.8) is 0 Å². The van der Waals surface area contributed by atoms with Crippen LogP contribution in [0.25, 0.3) is 0 Å². The van der Waals surface area contributed by atoms with Crippen LogP contribution in [-0.4, -0.2) is 23.2 Å². The first-order chi connectivity index (χ1) is 9.22. The molecule has 0 spiro atoms. The lowest BCUT2D eigenvalue weighted by atomic mass is 10.2. The molecule has 0 atom stereocenters. The maximum Gasteiger partial charge on any atom is 0.123 e. The van der Waals surface area contributed by atoms with Crippen molar-refractivity contribution in [3.05, 3.63) is 46.5 Å². The van der Waals surface area contributed by atoms with E-state index in [4.69, 9.17) is 4.74 Å². The number of imidazole rings is 1. The highest BCUT2D eigenvalue weighted by Crippen LogP contribution is 2.23. The van der Waals surface area contributed by atoms with E-state index in [0.29, 0.717) is 0 Å². The number of methoxy groups -OCH3 is 1. The maximum atomic E-state index is 5.38. The first kappa shape index (κ1) is 14.1. The Kier molecular flexibility index (Phi) is 4.99. The Morgan fingerprint density at radius 3 is 3.00 bits per heavy atom. The predicted molar refractivity (Wildman–Crippen MR) is 79.4 cm³/mol. The van der Waals surface area contributed by atoms with Crippen LogP contribution in [-0.2, 0) is 13.1 Å². The van der Waals surface area contributed by atoms with Gasteiger partial charge in [0.05, 0.1) is 25.7 Å². The highest BCUT2D eigenvalue weighted by molar-refractivity contribution is 9.10. The minimum atomic E-state index is 0.752. The van der Waals surface area contributed by atoms with E-state index in [1.165, 1.54) is 0 Å². The SMILES string of the molecule is CCNCc1cn(Cc2cc(Br)ccc2OC)cn1. The Labute approximate surface area is 121 Å². The first-order valence-electron chi connectivity index (χ1n) is 6.26. The van der Waals surface area contributed by atoms with Crippen LogP contribution in [0.5, 0.6) is 5.75 Å². The zero-order valence-corrected chi connectivity index (χ0v) is 12.8. The molecule has 0 aliphatic carbocycles. The third-order valence-electron chi connectivity index (χ3n) is 2.84. The smallest absolute Gasteiger partial charge is 0.123 e. The van der Waals surface area contributed by atoms with Crippen molar-refractivity contribution < 1.29 is 4.74 Å². The fourth-order valence-electron chi connectivity index (χ4n) is 1.90. The third kappa shape index (κ3) is 3.81. The van der Waals surface area contributed by atoms with Gasteiger partial charge in [-0.05, 0) is 24.7 Å². The van der Waals surface area contributed by atoms with E-state index in [1.54, 1.807) is 7.11 Å². The summed E-state index contributed by atoms with van der Waals surface area (Å²) in [6, 6.07) is 6.02. The standard InChI is InChI=1S/C14H18BrN3O/c1-3-16-7-13-9-18(10-17-13)8-11-6-12(15)4-5-14(11)19-2/h4-6,9-10,16H,3,7-8H2,1-2H3. The summed E-state index contributed by atoms with van der Waals surface area (Å²) in [5.41, 5.74) is 2.18. The van der Waals surface area contributed by atoms with Crippen molar-refractivity contribution in [3.8, 4) is 5.75 Å². The van der Waals surface area contributed by atoms with Crippen LogP contribution >= 0.6 is 15.9 Å². The molecule has 19 heavy (non-hydrogen) atoms.